The molecule has 0 amide bonds. The summed E-state index contributed by atoms with van der Waals surface area (Å²) in [5, 5.41) is 2.23. The van der Waals surface area contributed by atoms with Crippen molar-refractivity contribution in [3.8, 4) is 0 Å². The fourth-order valence-electron chi connectivity index (χ4n) is 3.02. The van der Waals surface area contributed by atoms with Gasteiger partial charge in [-0.3, -0.25) is 4.90 Å². The standard InChI is InChI=1S/C17H19ClN2O4S2/c1-24-17(21)16(13-5-2-3-6-14(13)18)19-8-10-20(11-9-19)26(22,23)15-7-4-12-25-15/h2-7,12,16H,8-11H2,1H3/t16-/m0/s1. The van der Waals surface area contributed by atoms with Gasteiger partial charge in [-0.05, 0) is 23.1 Å². The Kier molecular flexibility index (Phi) is 5.99. The summed E-state index contributed by atoms with van der Waals surface area (Å²) < 4.78 is 32.0. The zero-order chi connectivity index (χ0) is 18.7. The lowest BCUT2D eigenvalue weighted by atomic mass is 10.0. The van der Waals surface area contributed by atoms with Crippen LogP contribution in [0.2, 0.25) is 5.02 Å². The van der Waals surface area contributed by atoms with Gasteiger partial charge >= 0.3 is 5.97 Å². The molecular weight excluding hydrogens is 396 g/mol. The topological polar surface area (TPSA) is 66.9 Å². The Morgan fingerprint density at radius 3 is 2.42 bits per heavy atom. The average Bonchev–Trinajstić information content (AvgIpc) is 3.19. The number of carbonyl (C=O) groups excluding carboxylic acids is 1. The summed E-state index contributed by atoms with van der Waals surface area (Å²) in [5.74, 6) is -0.410. The molecule has 0 radical (unpaired) electrons. The highest BCUT2D eigenvalue weighted by atomic mass is 35.5. The average molecular weight is 415 g/mol. The van der Waals surface area contributed by atoms with E-state index in [0.29, 0.717) is 41.0 Å². The van der Waals surface area contributed by atoms with Gasteiger partial charge < -0.3 is 4.74 Å². The van der Waals surface area contributed by atoms with Crippen molar-refractivity contribution in [1.29, 1.82) is 0 Å². The van der Waals surface area contributed by atoms with Crippen LogP contribution in [0.25, 0.3) is 0 Å². The lowest BCUT2D eigenvalue weighted by Gasteiger charge is -2.37. The third kappa shape index (κ3) is 3.79. The van der Waals surface area contributed by atoms with Crippen LogP contribution in [0.1, 0.15) is 11.6 Å². The molecule has 140 valence electrons. The fourth-order valence-corrected chi connectivity index (χ4v) is 5.83. The van der Waals surface area contributed by atoms with E-state index in [1.165, 1.54) is 22.8 Å². The maximum absolute atomic E-state index is 12.6. The van der Waals surface area contributed by atoms with E-state index in [0.717, 1.165) is 0 Å². The number of hydrogen-bond donors (Lipinski definition) is 0. The highest BCUT2D eigenvalue weighted by Crippen LogP contribution is 2.30. The number of carbonyl (C=O) groups is 1. The number of nitrogens with zero attached hydrogens (tertiary/aromatic N) is 2. The first kappa shape index (κ1) is 19.3. The molecular formula is C17H19ClN2O4S2. The molecule has 1 aromatic heterocycles. The maximum Gasteiger partial charge on any atom is 0.327 e. The number of methoxy groups -OCH3 is 1. The largest absolute Gasteiger partial charge is 0.468 e. The van der Waals surface area contributed by atoms with E-state index in [1.54, 1.807) is 35.7 Å². The number of esters is 1. The Morgan fingerprint density at radius 2 is 1.85 bits per heavy atom. The molecule has 0 aliphatic carbocycles. The number of sulfonamides is 1. The number of ether oxygens (including phenoxy) is 1. The van der Waals surface area contributed by atoms with E-state index in [1.807, 2.05) is 11.0 Å². The van der Waals surface area contributed by atoms with Crippen molar-refractivity contribution in [3.63, 3.8) is 0 Å². The van der Waals surface area contributed by atoms with Crippen LogP contribution in [-0.4, -0.2) is 56.9 Å². The number of benzene rings is 1. The van der Waals surface area contributed by atoms with Crippen LogP contribution in [0, 0.1) is 0 Å². The summed E-state index contributed by atoms with van der Waals surface area (Å²) in [5.41, 5.74) is 0.663. The van der Waals surface area contributed by atoms with Crippen molar-refractivity contribution in [3.05, 3.63) is 52.4 Å². The highest BCUT2D eigenvalue weighted by Gasteiger charge is 2.36. The Hall–Kier alpha value is -1.45. The van der Waals surface area contributed by atoms with Crippen molar-refractivity contribution in [2.75, 3.05) is 33.3 Å². The third-order valence-corrected chi connectivity index (χ3v) is 7.97. The van der Waals surface area contributed by atoms with Gasteiger partial charge in [0.15, 0.2) is 0 Å². The monoisotopic (exact) mass is 414 g/mol. The van der Waals surface area contributed by atoms with Crippen molar-refractivity contribution in [2.24, 2.45) is 0 Å². The van der Waals surface area contributed by atoms with Crippen molar-refractivity contribution in [1.82, 2.24) is 9.21 Å². The van der Waals surface area contributed by atoms with Crippen LogP contribution in [0.5, 0.6) is 0 Å². The summed E-state index contributed by atoms with van der Waals surface area (Å²) in [7, 11) is -2.15. The quantitative estimate of drug-likeness (QED) is 0.703. The molecule has 9 heteroatoms. The Bertz CT molecular complexity index is 863. The summed E-state index contributed by atoms with van der Waals surface area (Å²) in [6, 6.07) is 9.80. The molecule has 1 aliphatic rings. The van der Waals surface area contributed by atoms with Gasteiger partial charge in [-0.1, -0.05) is 35.9 Å². The summed E-state index contributed by atoms with van der Waals surface area (Å²) >= 11 is 7.47. The molecule has 3 rings (SSSR count). The smallest absolute Gasteiger partial charge is 0.327 e. The molecule has 0 spiro atoms. The second-order valence-electron chi connectivity index (χ2n) is 5.82. The lowest BCUT2D eigenvalue weighted by molar-refractivity contribution is -0.147. The minimum atomic E-state index is -3.48. The third-order valence-electron chi connectivity index (χ3n) is 4.35. The van der Waals surface area contributed by atoms with Crippen LogP contribution in [0.3, 0.4) is 0 Å². The number of piperazine rings is 1. The van der Waals surface area contributed by atoms with Gasteiger partial charge in [0.2, 0.25) is 0 Å². The van der Waals surface area contributed by atoms with Crippen molar-refractivity contribution < 1.29 is 17.9 Å². The molecule has 0 bridgehead atoms. The van der Waals surface area contributed by atoms with E-state index < -0.39 is 22.0 Å². The van der Waals surface area contributed by atoms with Crippen molar-refractivity contribution in [2.45, 2.75) is 10.3 Å². The molecule has 26 heavy (non-hydrogen) atoms. The first-order chi connectivity index (χ1) is 12.4. The number of rotatable bonds is 5. The summed E-state index contributed by atoms with van der Waals surface area (Å²) in [4.78, 5) is 14.3. The lowest BCUT2D eigenvalue weighted by Crippen LogP contribution is -2.51. The Labute approximate surface area is 162 Å². The number of halogens is 1. The second kappa shape index (κ2) is 8.06. The molecule has 2 aromatic rings. The van der Waals surface area contributed by atoms with Crippen LogP contribution in [0.4, 0.5) is 0 Å². The SMILES string of the molecule is COC(=O)[C@H](c1ccccc1Cl)N1CCN(S(=O)(=O)c2cccs2)CC1. The maximum atomic E-state index is 12.6. The van der Waals surface area contributed by atoms with E-state index >= 15 is 0 Å². The number of thiophene rings is 1. The van der Waals surface area contributed by atoms with Gasteiger partial charge in [0, 0.05) is 31.2 Å². The predicted molar refractivity (Wildman–Crippen MR) is 101 cm³/mol. The molecule has 6 nitrogen and oxygen atoms in total. The summed E-state index contributed by atoms with van der Waals surface area (Å²) in [6.45, 7) is 1.43. The van der Waals surface area contributed by atoms with Crippen LogP contribution in [0.15, 0.2) is 46.0 Å². The molecule has 1 atom stereocenters. The van der Waals surface area contributed by atoms with Crippen LogP contribution in [-0.2, 0) is 19.6 Å². The molecule has 1 aromatic carbocycles. The highest BCUT2D eigenvalue weighted by molar-refractivity contribution is 7.91. The molecule has 1 aliphatic heterocycles. The number of hydrogen-bond acceptors (Lipinski definition) is 6. The molecule has 0 saturated carbocycles. The Morgan fingerprint density at radius 1 is 1.15 bits per heavy atom. The fraction of sp³-hybridized carbons (Fsp3) is 0.353. The van der Waals surface area contributed by atoms with E-state index in [-0.39, 0.29) is 0 Å². The Balaban J connectivity index is 1.78. The normalized spacial score (nSPS) is 17.8. The molecule has 0 unspecified atom stereocenters. The van der Waals surface area contributed by atoms with Gasteiger partial charge in [-0.25, -0.2) is 13.2 Å². The minimum absolute atomic E-state index is 0.304. The molecule has 1 fully saturated rings. The zero-order valence-corrected chi connectivity index (χ0v) is 16.6. The first-order valence-electron chi connectivity index (χ1n) is 8.05. The van der Waals surface area contributed by atoms with Gasteiger partial charge in [-0.2, -0.15) is 4.31 Å². The second-order valence-corrected chi connectivity index (χ2v) is 9.34. The van der Waals surface area contributed by atoms with Gasteiger partial charge in [0.1, 0.15) is 10.3 Å². The molecule has 0 N–H and O–H groups in total. The predicted octanol–water partition coefficient (Wildman–Crippen LogP) is 2.62. The van der Waals surface area contributed by atoms with E-state index in [2.05, 4.69) is 0 Å². The van der Waals surface area contributed by atoms with Gasteiger partial charge in [0.05, 0.1) is 7.11 Å². The summed E-state index contributed by atoms with van der Waals surface area (Å²) in [6.07, 6.45) is 0. The van der Waals surface area contributed by atoms with Crippen LogP contribution < -0.4 is 0 Å². The van der Waals surface area contributed by atoms with Crippen LogP contribution >= 0.6 is 22.9 Å². The van der Waals surface area contributed by atoms with Gasteiger partial charge in [-0.15, -0.1) is 11.3 Å². The first-order valence-corrected chi connectivity index (χ1v) is 10.7. The van der Waals surface area contributed by atoms with E-state index in [4.69, 9.17) is 16.3 Å². The molecule has 1 saturated heterocycles. The van der Waals surface area contributed by atoms with Gasteiger partial charge in [0.25, 0.3) is 10.0 Å². The zero-order valence-electron chi connectivity index (χ0n) is 14.2. The minimum Gasteiger partial charge on any atom is -0.468 e. The van der Waals surface area contributed by atoms with E-state index in [9.17, 15) is 13.2 Å². The molecule has 2 heterocycles. The van der Waals surface area contributed by atoms with Crippen molar-refractivity contribution >= 4 is 38.9 Å².